The van der Waals surface area contributed by atoms with Gasteiger partial charge in [-0.25, -0.2) is 5.43 Å². The highest BCUT2D eigenvalue weighted by Crippen LogP contribution is 2.06. The maximum Gasteiger partial charge on any atom is 0.250 e. The molecule has 102 valence electrons. The summed E-state index contributed by atoms with van der Waals surface area (Å²) in [6.07, 6.45) is 2.36. The van der Waals surface area contributed by atoms with Gasteiger partial charge in [-0.15, -0.1) is 0 Å². The number of nitrogens with one attached hydrogen (secondary N) is 2. The molecule has 2 aromatic rings. The second-order valence-corrected chi connectivity index (χ2v) is 3.75. The molecule has 0 spiro atoms. The van der Waals surface area contributed by atoms with E-state index in [0.29, 0.717) is 11.5 Å². The fourth-order valence-electron chi connectivity index (χ4n) is 1.38. The maximum atomic E-state index is 10.5. The molecule has 0 saturated heterocycles. The fraction of sp³-hybridized carbons (Fsp3) is 0.0833. The summed E-state index contributed by atoms with van der Waals surface area (Å²) >= 11 is 0. The van der Waals surface area contributed by atoms with Crippen molar-refractivity contribution < 1.29 is 4.79 Å². The average Bonchev–Trinajstić information content (AvgIpc) is 2.47. The van der Waals surface area contributed by atoms with E-state index in [9.17, 15) is 4.79 Å². The molecule has 0 aliphatic carbocycles. The minimum absolute atomic E-state index is 0.0948. The van der Waals surface area contributed by atoms with E-state index in [4.69, 9.17) is 5.73 Å². The Hall–Kier alpha value is -3.03. The van der Waals surface area contributed by atoms with Gasteiger partial charge in [-0.3, -0.25) is 4.79 Å². The lowest BCUT2D eigenvalue weighted by Crippen LogP contribution is -2.06. The number of rotatable bonds is 5. The second kappa shape index (κ2) is 6.23. The first kappa shape index (κ1) is 13.4. The zero-order valence-electron chi connectivity index (χ0n) is 10.7. The van der Waals surface area contributed by atoms with Gasteiger partial charge in [0.25, 0.3) is 0 Å². The van der Waals surface area contributed by atoms with Crippen molar-refractivity contribution in [1.82, 2.24) is 15.0 Å². The summed E-state index contributed by atoms with van der Waals surface area (Å²) in [6.45, 7) is 0. The lowest BCUT2D eigenvalue weighted by molar-refractivity contribution is 0.112. The van der Waals surface area contributed by atoms with Gasteiger partial charge in [0.2, 0.25) is 17.8 Å². The summed E-state index contributed by atoms with van der Waals surface area (Å²) in [4.78, 5) is 22.3. The third-order valence-corrected chi connectivity index (χ3v) is 2.33. The van der Waals surface area contributed by atoms with Crippen LogP contribution >= 0.6 is 0 Å². The second-order valence-electron chi connectivity index (χ2n) is 3.75. The van der Waals surface area contributed by atoms with Gasteiger partial charge in [0, 0.05) is 12.6 Å². The number of nitrogen functional groups attached to an aromatic ring is 1. The molecule has 1 aromatic carbocycles. The van der Waals surface area contributed by atoms with Gasteiger partial charge in [-0.05, 0) is 5.56 Å². The Morgan fingerprint density at radius 2 is 1.75 bits per heavy atom. The van der Waals surface area contributed by atoms with E-state index in [1.807, 2.05) is 0 Å². The number of carbonyl (C=O) groups excluding carboxylic acids is 1. The molecule has 0 bridgehead atoms. The molecular formula is C12H13N7O. The Morgan fingerprint density at radius 3 is 2.40 bits per heavy atom. The van der Waals surface area contributed by atoms with Crippen molar-refractivity contribution in [3.8, 4) is 0 Å². The molecule has 0 radical (unpaired) electrons. The van der Waals surface area contributed by atoms with Gasteiger partial charge >= 0.3 is 0 Å². The van der Waals surface area contributed by atoms with Crippen LogP contribution in [0.3, 0.4) is 0 Å². The molecular weight excluding hydrogens is 258 g/mol. The Balaban J connectivity index is 2.05. The van der Waals surface area contributed by atoms with E-state index in [1.54, 1.807) is 37.5 Å². The number of anilines is 3. The topological polar surface area (TPSA) is 118 Å². The largest absolute Gasteiger partial charge is 0.368 e. The lowest BCUT2D eigenvalue weighted by Gasteiger charge is -2.02. The van der Waals surface area contributed by atoms with Crippen LogP contribution in [0.5, 0.6) is 0 Å². The van der Waals surface area contributed by atoms with Crippen molar-refractivity contribution in [3.63, 3.8) is 0 Å². The quantitative estimate of drug-likeness (QED) is 0.417. The highest BCUT2D eigenvalue weighted by atomic mass is 16.1. The van der Waals surface area contributed by atoms with Crippen molar-refractivity contribution in [2.24, 2.45) is 5.10 Å². The van der Waals surface area contributed by atoms with Crippen LogP contribution in [-0.4, -0.2) is 34.5 Å². The first-order valence-electron chi connectivity index (χ1n) is 5.75. The third-order valence-electron chi connectivity index (χ3n) is 2.33. The Kier molecular flexibility index (Phi) is 4.17. The number of hydrogen-bond donors (Lipinski definition) is 3. The molecule has 0 aliphatic heterocycles. The molecule has 0 fully saturated rings. The number of nitrogens with two attached hydrogens (primary N) is 1. The number of aldehydes is 1. The highest BCUT2D eigenvalue weighted by molar-refractivity contribution is 5.82. The predicted octanol–water partition coefficient (Wildman–Crippen LogP) is 0.754. The molecule has 0 amide bonds. The van der Waals surface area contributed by atoms with Crippen molar-refractivity contribution in [3.05, 3.63) is 35.4 Å². The highest BCUT2D eigenvalue weighted by Gasteiger charge is 2.01. The standard InChI is InChI=1S/C12H13N7O/c1-14-11-16-10(13)17-12(18-11)19-15-6-8-2-4-9(7-20)5-3-8/h2-7H,1H3,(H4,13,14,16,17,18,19)/b15-6+. The van der Waals surface area contributed by atoms with Crippen LogP contribution in [0.25, 0.3) is 0 Å². The van der Waals surface area contributed by atoms with Crippen LogP contribution in [0.1, 0.15) is 15.9 Å². The predicted molar refractivity (Wildman–Crippen MR) is 76.8 cm³/mol. The summed E-state index contributed by atoms with van der Waals surface area (Å²) in [6, 6.07) is 6.95. The molecule has 8 heteroatoms. The smallest absolute Gasteiger partial charge is 0.250 e. The van der Waals surface area contributed by atoms with Crippen molar-refractivity contribution in [2.45, 2.75) is 0 Å². The molecule has 0 aliphatic rings. The third kappa shape index (κ3) is 3.48. The van der Waals surface area contributed by atoms with Gasteiger partial charge in [0.1, 0.15) is 6.29 Å². The summed E-state index contributed by atoms with van der Waals surface area (Å²) in [5, 5.41) is 6.75. The minimum Gasteiger partial charge on any atom is -0.368 e. The summed E-state index contributed by atoms with van der Waals surface area (Å²) in [5.41, 5.74) is 9.62. The molecule has 20 heavy (non-hydrogen) atoms. The van der Waals surface area contributed by atoms with Crippen LogP contribution in [0.15, 0.2) is 29.4 Å². The fourth-order valence-corrected chi connectivity index (χ4v) is 1.38. The van der Waals surface area contributed by atoms with E-state index >= 15 is 0 Å². The van der Waals surface area contributed by atoms with E-state index in [1.165, 1.54) is 0 Å². The van der Waals surface area contributed by atoms with Gasteiger partial charge in [-0.2, -0.15) is 20.1 Å². The normalized spacial score (nSPS) is 10.4. The minimum atomic E-state index is 0.0948. The maximum absolute atomic E-state index is 10.5. The summed E-state index contributed by atoms with van der Waals surface area (Å²) in [5.74, 6) is 0.686. The van der Waals surface area contributed by atoms with Crippen LogP contribution in [0, 0.1) is 0 Å². The van der Waals surface area contributed by atoms with Crippen molar-refractivity contribution in [2.75, 3.05) is 23.5 Å². The molecule has 0 saturated carbocycles. The summed E-state index contributed by atoms with van der Waals surface area (Å²) in [7, 11) is 1.68. The number of carbonyl (C=O) groups is 1. The first-order chi connectivity index (χ1) is 9.71. The van der Waals surface area contributed by atoms with E-state index in [-0.39, 0.29) is 11.9 Å². The number of aromatic nitrogens is 3. The molecule has 8 nitrogen and oxygen atoms in total. The number of nitrogens with zero attached hydrogens (tertiary/aromatic N) is 4. The van der Waals surface area contributed by atoms with Gasteiger partial charge in [0.05, 0.1) is 6.21 Å². The SMILES string of the molecule is CNc1nc(N)nc(N/N=C/c2ccc(C=O)cc2)n1. The molecule has 1 aromatic heterocycles. The van der Waals surface area contributed by atoms with Gasteiger partial charge < -0.3 is 11.1 Å². The van der Waals surface area contributed by atoms with E-state index < -0.39 is 0 Å². The Bertz CT molecular complexity index is 624. The first-order valence-corrected chi connectivity index (χ1v) is 5.75. The Labute approximate surface area is 115 Å². The lowest BCUT2D eigenvalue weighted by atomic mass is 10.2. The number of benzene rings is 1. The molecule has 0 atom stereocenters. The monoisotopic (exact) mass is 271 g/mol. The summed E-state index contributed by atoms with van der Waals surface area (Å²) < 4.78 is 0. The molecule has 4 N–H and O–H groups in total. The van der Waals surface area contributed by atoms with E-state index in [0.717, 1.165) is 11.8 Å². The molecule has 1 heterocycles. The van der Waals surface area contributed by atoms with Crippen LogP contribution in [0.4, 0.5) is 17.8 Å². The number of hydrazone groups is 1. The van der Waals surface area contributed by atoms with Crippen LogP contribution in [0.2, 0.25) is 0 Å². The van der Waals surface area contributed by atoms with E-state index in [2.05, 4.69) is 30.8 Å². The average molecular weight is 271 g/mol. The van der Waals surface area contributed by atoms with Crippen LogP contribution in [-0.2, 0) is 0 Å². The van der Waals surface area contributed by atoms with Crippen molar-refractivity contribution >= 4 is 30.3 Å². The Morgan fingerprint density at radius 1 is 1.10 bits per heavy atom. The zero-order valence-corrected chi connectivity index (χ0v) is 10.7. The van der Waals surface area contributed by atoms with Gasteiger partial charge in [0.15, 0.2) is 0 Å². The van der Waals surface area contributed by atoms with Gasteiger partial charge in [-0.1, -0.05) is 24.3 Å². The molecule has 0 unspecified atom stereocenters. The number of hydrogen-bond acceptors (Lipinski definition) is 8. The van der Waals surface area contributed by atoms with Crippen molar-refractivity contribution in [1.29, 1.82) is 0 Å². The van der Waals surface area contributed by atoms with Crippen LogP contribution < -0.4 is 16.5 Å². The molecule has 2 rings (SSSR count). The zero-order chi connectivity index (χ0) is 14.4.